The van der Waals surface area contributed by atoms with Crippen LogP contribution in [0.4, 0.5) is 0 Å². The van der Waals surface area contributed by atoms with Gasteiger partial charge in [-0.15, -0.1) is 0 Å². The molecule has 0 radical (unpaired) electrons. The minimum absolute atomic E-state index is 0.0217. The number of halogens is 1. The second-order valence-electron chi connectivity index (χ2n) is 14.6. The van der Waals surface area contributed by atoms with Crippen LogP contribution in [0.2, 0.25) is 5.02 Å². The molecule has 2 aromatic carbocycles. The number of pyridine rings is 1. The molecule has 3 N–H and O–H groups in total. The third-order valence-corrected chi connectivity index (χ3v) is 13.5. The van der Waals surface area contributed by atoms with Crippen molar-refractivity contribution in [2.24, 2.45) is 11.8 Å². The van der Waals surface area contributed by atoms with Crippen LogP contribution in [0.15, 0.2) is 58.6 Å². The highest BCUT2D eigenvalue weighted by atomic mass is 35.5. The van der Waals surface area contributed by atoms with E-state index in [0.717, 1.165) is 12.1 Å². The molecule has 1 aromatic heterocycles. The summed E-state index contributed by atoms with van der Waals surface area (Å²) in [7, 11) is 0.199. The van der Waals surface area contributed by atoms with Crippen molar-refractivity contribution < 1.29 is 52.0 Å². The summed E-state index contributed by atoms with van der Waals surface area (Å²) in [6.07, 6.45) is 0.0370. The van der Waals surface area contributed by atoms with Crippen molar-refractivity contribution in [3.8, 4) is 28.7 Å². The van der Waals surface area contributed by atoms with Crippen molar-refractivity contribution in [2.45, 2.75) is 50.2 Å². The van der Waals surface area contributed by atoms with Crippen molar-refractivity contribution in [2.75, 3.05) is 46.7 Å². The number of aliphatic hydroxyl groups is 1. The summed E-state index contributed by atoms with van der Waals surface area (Å²) in [4.78, 5) is 54.5. The number of aromatic nitrogens is 1. The Labute approximate surface area is 327 Å². The number of carbonyl (C=O) groups is 3. The molecule has 4 heterocycles. The lowest BCUT2D eigenvalue weighted by Crippen LogP contribution is -2.53. The number of amides is 1. The summed E-state index contributed by atoms with van der Waals surface area (Å²) in [5, 5.41) is 25.1. The minimum Gasteiger partial charge on any atom is -0.507 e. The predicted molar refractivity (Wildman–Crippen MR) is 203 cm³/mol. The van der Waals surface area contributed by atoms with Crippen molar-refractivity contribution in [3.05, 3.63) is 86.0 Å². The molecule has 5 atom stereocenters. The Balaban J connectivity index is 1.16. The van der Waals surface area contributed by atoms with Gasteiger partial charge in [0.25, 0.3) is 5.56 Å². The van der Waals surface area contributed by atoms with Gasteiger partial charge >= 0.3 is 0 Å². The molecule has 1 saturated heterocycles. The van der Waals surface area contributed by atoms with Crippen LogP contribution in [-0.4, -0.2) is 97.3 Å². The van der Waals surface area contributed by atoms with E-state index in [0.29, 0.717) is 6.54 Å². The van der Waals surface area contributed by atoms with E-state index < -0.39 is 62.9 Å². The second-order valence-corrected chi connectivity index (χ2v) is 17.1. The Bertz CT molecular complexity index is 2340. The Morgan fingerprint density at radius 2 is 1.75 bits per heavy atom. The quantitative estimate of drug-likeness (QED) is 0.254. The van der Waals surface area contributed by atoms with Crippen LogP contribution in [0.3, 0.4) is 0 Å². The highest BCUT2D eigenvalue weighted by molar-refractivity contribution is 7.89. The SMILES string of the molecule is COc1cc(C(CC(=O)NCCS(=O)(=O)N2CC3CC(C2)c2cccc(=O)n2C3)C2=C(O)C3(Oc4c(Cl)c(OC)cc(OC)c4C3=O)C(C)CC2=O)ccc1O. The van der Waals surface area contributed by atoms with Gasteiger partial charge in [-0.05, 0) is 36.1 Å². The highest BCUT2D eigenvalue weighted by Gasteiger charge is 2.61. The summed E-state index contributed by atoms with van der Waals surface area (Å²) in [5.74, 6) is -5.40. The van der Waals surface area contributed by atoms with E-state index in [9.17, 15) is 37.8 Å². The number of aliphatic hydroxyl groups excluding tert-OH is 1. The number of benzene rings is 2. The van der Waals surface area contributed by atoms with Crippen molar-refractivity contribution >= 4 is 39.1 Å². The monoisotopic (exact) mass is 811 g/mol. The van der Waals surface area contributed by atoms with Gasteiger partial charge < -0.3 is 39.0 Å². The fourth-order valence-corrected chi connectivity index (χ4v) is 10.3. The average molecular weight is 812 g/mol. The molecule has 5 unspecified atom stereocenters. The molecule has 0 saturated carbocycles. The zero-order valence-electron chi connectivity index (χ0n) is 31.2. The molecule has 1 spiro atoms. The van der Waals surface area contributed by atoms with Gasteiger partial charge in [-0.1, -0.05) is 30.7 Å². The van der Waals surface area contributed by atoms with E-state index in [1.807, 2.05) is 6.07 Å². The van der Waals surface area contributed by atoms with E-state index in [4.69, 9.17) is 30.5 Å². The van der Waals surface area contributed by atoms with Gasteiger partial charge in [-0.2, -0.15) is 0 Å². The fourth-order valence-electron chi connectivity index (χ4n) is 8.62. The summed E-state index contributed by atoms with van der Waals surface area (Å²) >= 11 is 6.60. The molecule has 1 amide bonds. The number of ketones is 2. The normalized spacial score (nSPS) is 23.6. The van der Waals surface area contributed by atoms with E-state index >= 15 is 0 Å². The number of phenolic OH excluding ortho intramolecular Hbond substituents is 1. The van der Waals surface area contributed by atoms with E-state index in [-0.39, 0.29) is 93.9 Å². The molecule has 1 fully saturated rings. The molecule has 56 heavy (non-hydrogen) atoms. The van der Waals surface area contributed by atoms with E-state index in [1.54, 1.807) is 17.6 Å². The molecule has 2 bridgehead atoms. The zero-order valence-corrected chi connectivity index (χ0v) is 32.7. The van der Waals surface area contributed by atoms with Crippen LogP contribution in [0, 0.1) is 11.8 Å². The Morgan fingerprint density at radius 1 is 1.02 bits per heavy atom. The van der Waals surface area contributed by atoms with Gasteiger partial charge in [0, 0.05) is 80.2 Å². The molecule has 4 aliphatic rings. The number of aromatic hydroxyl groups is 1. The molecule has 15 nitrogen and oxygen atoms in total. The summed E-state index contributed by atoms with van der Waals surface area (Å²) in [5.41, 5.74) is -1.48. The second kappa shape index (κ2) is 14.8. The molecule has 3 aromatic rings. The first-order valence-corrected chi connectivity index (χ1v) is 20.1. The van der Waals surface area contributed by atoms with Crippen LogP contribution in [0.5, 0.6) is 28.7 Å². The number of nitrogens with zero attached hydrogens (tertiary/aromatic N) is 2. The maximum absolute atomic E-state index is 14.4. The van der Waals surface area contributed by atoms with E-state index in [1.165, 1.54) is 56.0 Å². The summed E-state index contributed by atoms with van der Waals surface area (Å²) in [6, 6.07) is 10.6. The standard InChI is InChI=1S/C39H42ClN3O12S/c1-20-12-27(45)33(37(48)39(20)38(49)34-29(53-3)16-30(54-4)35(40)36(34)55-39)24(22-8-9-26(44)28(14-22)52-2)15-31(46)41-10-11-56(50,51)42-17-21-13-23(19-42)25-6-5-7-32(47)43(25)18-21/h5-9,14,16,20-21,23-24,44,48H,10-13,15,17-19H2,1-4H3,(H,41,46). The number of phenols is 1. The van der Waals surface area contributed by atoms with Crippen LogP contribution in [0.1, 0.15) is 59.6 Å². The highest BCUT2D eigenvalue weighted by Crippen LogP contribution is 2.56. The molecule has 3 aliphatic heterocycles. The van der Waals surface area contributed by atoms with Gasteiger partial charge in [-0.25, -0.2) is 12.7 Å². The average Bonchev–Trinajstić information content (AvgIpc) is 3.48. The number of fused-ring (bicyclic) bond motifs is 5. The van der Waals surface area contributed by atoms with Gasteiger partial charge in [-0.3, -0.25) is 19.2 Å². The molecule has 7 rings (SSSR count). The number of nitrogens with one attached hydrogen (secondary N) is 1. The Hall–Kier alpha value is -5.06. The lowest BCUT2D eigenvalue weighted by Gasteiger charge is -2.42. The third kappa shape index (κ3) is 6.46. The number of rotatable bonds is 11. The lowest BCUT2D eigenvalue weighted by molar-refractivity contribution is -0.121. The number of methoxy groups -OCH3 is 3. The molecular weight excluding hydrogens is 770 g/mol. The van der Waals surface area contributed by atoms with Gasteiger partial charge in [0.1, 0.15) is 22.1 Å². The van der Waals surface area contributed by atoms with Crippen LogP contribution in [-0.2, 0) is 26.2 Å². The lowest BCUT2D eigenvalue weighted by atomic mass is 9.69. The number of allylic oxidation sites excluding steroid dienone is 1. The van der Waals surface area contributed by atoms with Crippen LogP contribution < -0.4 is 29.8 Å². The fraction of sp³-hybridized carbons (Fsp3) is 0.436. The van der Waals surface area contributed by atoms with Gasteiger partial charge in [0.05, 0.1) is 27.1 Å². The Kier molecular flexibility index (Phi) is 10.3. The maximum Gasteiger partial charge on any atom is 0.250 e. The van der Waals surface area contributed by atoms with E-state index in [2.05, 4.69) is 5.32 Å². The van der Waals surface area contributed by atoms with Crippen molar-refractivity contribution in [1.82, 2.24) is 14.2 Å². The maximum atomic E-state index is 14.4. The topological polar surface area (TPSA) is 200 Å². The summed E-state index contributed by atoms with van der Waals surface area (Å²) in [6.45, 7) is 2.21. The number of carbonyl (C=O) groups excluding carboxylic acids is 3. The first-order chi connectivity index (χ1) is 26.6. The van der Waals surface area contributed by atoms with Gasteiger partial charge in [0.15, 0.2) is 28.8 Å². The smallest absolute Gasteiger partial charge is 0.250 e. The largest absolute Gasteiger partial charge is 0.507 e. The first-order valence-electron chi connectivity index (χ1n) is 18.1. The molecule has 298 valence electrons. The zero-order chi connectivity index (χ0) is 40.3. The Morgan fingerprint density at radius 3 is 2.46 bits per heavy atom. The number of hydrogen-bond donors (Lipinski definition) is 3. The summed E-state index contributed by atoms with van der Waals surface area (Å²) < 4.78 is 52.7. The third-order valence-electron chi connectivity index (χ3n) is 11.4. The van der Waals surface area contributed by atoms with Crippen molar-refractivity contribution in [1.29, 1.82) is 0 Å². The van der Waals surface area contributed by atoms with Crippen LogP contribution in [0.25, 0.3) is 0 Å². The molecule has 1 aliphatic carbocycles. The molecule has 17 heteroatoms. The number of ether oxygens (including phenoxy) is 4. The number of Topliss-reactive ketones (excluding diaryl/α,β-unsaturated/α-hetero) is 2. The molecular formula is C39H42ClN3O12S. The number of hydrogen-bond acceptors (Lipinski definition) is 12. The number of sulfonamides is 1. The minimum atomic E-state index is -3.83. The first kappa shape index (κ1) is 39.2. The van der Waals surface area contributed by atoms with Gasteiger partial charge in [0.2, 0.25) is 27.3 Å². The number of piperidine rings is 1. The predicted octanol–water partition coefficient (Wildman–Crippen LogP) is 3.71. The van der Waals surface area contributed by atoms with Crippen LogP contribution >= 0.6 is 11.6 Å². The van der Waals surface area contributed by atoms with Crippen molar-refractivity contribution in [3.63, 3.8) is 0 Å².